The van der Waals surface area contributed by atoms with Gasteiger partial charge in [-0.05, 0) is 12.2 Å². The van der Waals surface area contributed by atoms with Crippen molar-refractivity contribution in [1.82, 2.24) is 15.8 Å². The molecule has 0 fully saturated rings. The Balaban J connectivity index is 1.91. The quantitative estimate of drug-likeness (QED) is 0.845. The van der Waals surface area contributed by atoms with Gasteiger partial charge in [0.2, 0.25) is 5.91 Å². The molecule has 6 heteroatoms. The van der Waals surface area contributed by atoms with Crippen molar-refractivity contribution in [3.63, 3.8) is 0 Å². The Morgan fingerprint density at radius 2 is 2.10 bits per heavy atom. The zero-order valence-electron chi connectivity index (χ0n) is 11.1. The first-order valence-corrected chi connectivity index (χ1v) is 6.68. The molecule has 0 aliphatic rings. The maximum absolute atomic E-state index is 11.1. The van der Waals surface area contributed by atoms with Gasteiger partial charge in [0.25, 0.3) is 0 Å². The minimum atomic E-state index is -0.120. The number of amides is 1. The van der Waals surface area contributed by atoms with Crippen molar-refractivity contribution in [3.05, 3.63) is 42.2 Å². The van der Waals surface area contributed by atoms with Gasteiger partial charge in [-0.2, -0.15) is 0 Å². The summed E-state index contributed by atoms with van der Waals surface area (Å²) in [5.74, 6) is 0.530. The van der Waals surface area contributed by atoms with E-state index in [1.807, 2.05) is 36.4 Å². The molecule has 0 saturated heterocycles. The molecule has 1 heterocycles. The lowest BCUT2D eigenvalue weighted by molar-refractivity contribution is -0.119. The number of hydrogen-bond donors (Lipinski definition) is 2. The van der Waals surface area contributed by atoms with Crippen LogP contribution < -0.4 is 10.6 Å². The third-order valence-corrected chi connectivity index (χ3v) is 2.87. The molecule has 1 aromatic carbocycles. The zero-order valence-corrected chi connectivity index (χ0v) is 11.9. The molecule has 2 rings (SSSR count). The van der Waals surface area contributed by atoms with Gasteiger partial charge in [0.1, 0.15) is 5.69 Å². The Bertz CT molecular complexity index is 595. The van der Waals surface area contributed by atoms with E-state index in [4.69, 9.17) is 16.7 Å². The number of rotatable bonds is 4. The highest BCUT2D eigenvalue weighted by Crippen LogP contribution is 2.18. The van der Waals surface area contributed by atoms with Crippen molar-refractivity contribution in [3.8, 4) is 11.3 Å². The fourth-order valence-electron chi connectivity index (χ4n) is 1.57. The van der Waals surface area contributed by atoms with Crippen LogP contribution in [0.5, 0.6) is 0 Å². The van der Waals surface area contributed by atoms with Gasteiger partial charge in [-0.3, -0.25) is 4.79 Å². The van der Waals surface area contributed by atoms with Crippen LogP contribution in [0, 0.1) is 0 Å². The molecule has 1 aromatic heterocycles. The van der Waals surface area contributed by atoms with E-state index in [1.165, 1.54) is 0 Å². The van der Waals surface area contributed by atoms with Gasteiger partial charge in [0.05, 0.1) is 6.54 Å². The van der Waals surface area contributed by atoms with Gasteiger partial charge in [-0.1, -0.05) is 42.4 Å². The molecule has 0 atom stereocenters. The van der Waals surface area contributed by atoms with E-state index >= 15 is 0 Å². The van der Waals surface area contributed by atoms with Crippen molar-refractivity contribution in [2.75, 3.05) is 0 Å². The Morgan fingerprint density at radius 3 is 2.80 bits per heavy atom. The summed E-state index contributed by atoms with van der Waals surface area (Å²) in [6.45, 7) is 2.14. The molecule has 5 nitrogen and oxygen atoms in total. The first-order valence-electron chi connectivity index (χ1n) is 6.27. The summed E-state index contributed by atoms with van der Waals surface area (Å²) in [5.41, 5.74) is 1.76. The van der Waals surface area contributed by atoms with Crippen LogP contribution in [-0.4, -0.2) is 16.2 Å². The fourth-order valence-corrected chi connectivity index (χ4v) is 1.75. The van der Waals surface area contributed by atoms with Crippen molar-refractivity contribution in [2.45, 2.75) is 19.9 Å². The average molecular weight is 289 g/mol. The Hall–Kier alpha value is -2.21. The van der Waals surface area contributed by atoms with Crippen LogP contribution in [0.3, 0.4) is 0 Å². The van der Waals surface area contributed by atoms with E-state index in [-0.39, 0.29) is 11.0 Å². The normalized spacial score (nSPS) is 10.1. The number of hydrogen-bond acceptors (Lipinski definition) is 4. The zero-order chi connectivity index (χ0) is 14.4. The first kappa shape index (κ1) is 14.2. The lowest BCUT2D eigenvalue weighted by atomic mass is 10.1. The molecule has 104 valence electrons. The minimum Gasteiger partial charge on any atom is -0.359 e. The summed E-state index contributed by atoms with van der Waals surface area (Å²) in [6.07, 6.45) is 0.391. The molecule has 0 radical (unpaired) electrons. The molecule has 0 aliphatic heterocycles. The number of benzene rings is 1. The SMILES string of the molecule is CCC(=O)NC(=S)NCc1cc(-c2ccccc2)no1. The number of carbonyl (C=O) groups is 1. The van der Waals surface area contributed by atoms with E-state index in [2.05, 4.69) is 15.8 Å². The molecule has 2 N–H and O–H groups in total. The molecule has 0 bridgehead atoms. The van der Waals surface area contributed by atoms with Gasteiger partial charge < -0.3 is 15.2 Å². The third kappa shape index (κ3) is 3.89. The van der Waals surface area contributed by atoms with Crippen LogP contribution in [0.25, 0.3) is 11.3 Å². The Labute approximate surface area is 122 Å². The number of carbonyl (C=O) groups excluding carboxylic acids is 1. The fraction of sp³-hybridized carbons (Fsp3) is 0.214. The largest absolute Gasteiger partial charge is 0.359 e. The lowest BCUT2D eigenvalue weighted by Crippen LogP contribution is -2.38. The molecular weight excluding hydrogens is 274 g/mol. The van der Waals surface area contributed by atoms with Crippen LogP contribution in [0.1, 0.15) is 19.1 Å². The minimum absolute atomic E-state index is 0.120. The van der Waals surface area contributed by atoms with E-state index in [0.29, 0.717) is 18.7 Å². The number of nitrogens with zero attached hydrogens (tertiary/aromatic N) is 1. The van der Waals surface area contributed by atoms with Crippen molar-refractivity contribution in [1.29, 1.82) is 0 Å². The molecule has 0 unspecified atom stereocenters. The number of thiocarbonyl (C=S) groups is 1. The van der Waals surface area contributed by atoms with E-state index in [9.17, 15) is 4.79 Å². The van der Waals surface area contributed by atoms with Gasteiger partial charge in [0, 0.05) is 18.1 Å². The maximum Gasteiger partial charge on any atom is 0.225 e. The van der Waals surface area contributed by atoms with Crippen LogP contribution in [0.15, 0.2) is 40.9 Å². The summed E-state index contributed by atoms with van der Waals surface area (Å²) in [7, 11) is 0. The van der Waals surface area contributed by atoms with Crippen LogP contribution in [0.4, 0.5) is 0 Å². The highest BCUT2D eigenvalue weighted by molar-refractivity contribution is 7.80. The second-order valence-corrected chi connectivity index (χ2v) is 4.54. The van der Waals surface area contributed by atoms with Crippen molar-refractivity contribution >= 4 is 23.2 Å². The van der Waals surface area contributed by atoms with E-state index in [1.54, 1.807) is 6.92 Å². The van der Waals surface area contributed by atoms with Crippen molar-refractivity contribution < 1.29 is 9.32 Å². The van der Waals surface area contributed by atoms with Gasteiger partial charge >= 0.3 is 0 Å². The topological polar surface area (TPSA) is 67.2 Å². The lowest BCUT2D eigenvalue weighted by Gasteiger charge is -2.06. The molecule has 0 aliphatic carbocycles. The highest BCUT2D eigenvalue weighted by atomic mass is 32.1. The summed E-state index contributed by atoms with van der Waals surface area (Å²) in [4.78, 5) is 11.1. The van der Waals surface area contributed by atoms with Crippen molar-refractivity contribution in [2.24, 2.45) is 0 Å². The second kappa shape index (κ2) is 6.81. The van der Waals surface area contributed by atoms with Gasteiger partial charge in [-0.25, -0.2) is 0 Å². The Morgan fingerprint density at radius 1 is 1.35 bits per heavy atom. The Kier molecular flexibility index (Phi) is 4.84. The smallest absolute Gasteiger partial charge is 0.225 e. The maximum atomic E-state index is 11.1. The monoisotopic (exact) mass is 289 g/mol. The molecule has 0 saturated carbocycles. The number of nitrogens with one attached hydrogen (secondary N) is 2. The molecule has 2 aromatic rings. The molecular formula is C14H15N3O2S. The predicted molar refractivity (Wildman–Crippen MR) is 79.8 cm³/mol. The van der Waals surface area contributed by atoms with E-state index in [0.717, 1.165) is 11.3 Å². The summed E-state index contributed by atoms with van der Waals surface area (Å²) >= 11 is 4.99. The molecule has 1 amide bonds. The third-order valence-electron chi connectivity index (χ3n) is 2.63. The average Bonchev–Trinajstić information content (AvgIpc) is 2.95. The summed E-state index contributed by atoms with van der Waals surface area (Å²) < 4.78 is 5.22. The highest BCUT2D eigenvalue weighted by Gasteiger charge is 2.07. The summed E-state index contributed by atoms with van der Waals surface area (Å²) in [6, 6.07) is 11.6. The standard InChI is InChI=1S/C14H15N3O2S/c1-2-13(18)16-14(20)15-9-11-8-12(17-19-11)10-6-4-3-5-7-10/h3-8H,2,9H2,1H3,(H2,15,16,18,20). The predicted octanol–water partition coefficient (Wildman–Crippen LogP) is 2.24. The first-order chi connectivity index (χ1) is 9.69. The van der Waals surface area contributed by atoms with Gasteiger partial charge in [0.15, 0.2) is 10.9 Å². The van der Waals surface area contributed by atoms with Gasteiger partial charge in [-0.15, -0.1) is 0 Å². The second-order valence-electron chi connectivity index (χ2n) is 4.13. The van der Waals surface area contributed by atoms with Crippen LogP contribution in [0.2, 0.25) is 0 Å². The van der Waals surface area contributed by atoms with E-state index < -0.39 is 0 Å². The van der Waals surface area contributed by atoms with Crippen LogP contribution >= 0.6 is 12.2 Å². The number of aromatic nitrogens is 1. The van der Waals surface area contributed by atoms with Crippen LogP contribution in [-0.2, 0) is 11.3 Å². The molecule has 0 spiro atoms. The summed E-state index contributed by atoms with van der Waals surface area (Å²) in [5, 5.41) is 9.73. The molecule has 20 heavy (non-hydrogen) atoms.